The number of ketones is 1. The largest absolute Gasteiger partial charge is 0.481 e. The molecule has 0 aliphatic carbocycles. The van der Waals surface area contributed by atoms with Gasteiger partial charge in [-0.25, -0.2) is 18.0 Å². The van der Waals surface area contributed by atoms with Gasteiger partial charge >= 0.3 is 18.2 Å². The van der Waals surface area contributed by atoms with E-state index in [-0.39, 0.29) is 17.9 Å². The Morgan fingerprint density at radius 1 is 0.567 bits per heavy atom. The molecule has 4 aromatic carbocycles. The molecule has 60 heavy (non-hydrogen) atoms. The van der Waals surface area contributed by atoms with Crippen LogP contribution in [0.15, 0.2) is 109 Å². The van der Waals surface area contributed by atoms with Gasteiger partial charge in [0.25, 0.3) is 0 Å². The second-order valence-corrected chi connectivity index (χ2v) is 19.5. The zero-order valence-electron chi connectivity index (χ0n) is 36.4. The number of carbonyl (C=O) groups excluding carboxylic acids is 3. The molecule has 3 N–H and O–H groups in total. The van der Waals surface area contributed by atoms with Gasteiger partial charge in [0.2, 0.25) is 0 Å². The van der Waals surface area contributed by atoms with E-state index in [0.717, 1.165) is 39.6 Å². The monoisotopic (exact) mass is 842 g/mol. The zero-order valence-corrected chi connectivity index (χ0v) is 37.2. The number of nitrogens with one attached hydrogen (secondary N) is 2. The smallest absolute Gasteiger partial charge is 0.407 e. The second kappa shape index (κ2) is 22.2. The fourth-order valence-electron chi connectivity index (χ4n) is 6.32. The van der Waals surface area contributed by atoms with Gasteiger partial charge in [-0.05, 0) is 101 Å². The Balaban J connectivity index is 0.000000323. The summed E-state index contributed by atoms with van der Waals surface area (Å²) in [6.45, 7) is 14.1. The van der Waals surface area contributed by atoms with Crippen LogP contribution in [0.5, 0.6) is 0 Å². The van der Waals surface area contributed by atoms with Crippen molar-refractivity contribution in [3.05, 3.63) is 120 Å². The fraction of sp³-hybridized carbons (Fsp3) is 0.417. The molecule has 4 aromatic rings. The van der Waals surface area contributed by atoms with Crippen LogP contribution >= 0.6 is 0 Å². The normalized spacial score (nSPS) is 13.6. The van der Waals surface area contributed by atoms with Crippen molar-refractivity contribution in [2.75, 3.05) is 12.0 Å². The summed E-state index contributed by atoms with van der Waals surface area (Å²) in [5.41, 5.74) is 5.21. The van der Waals surface area contributed by atoms with E-state index in [1.54, 1.807) is 55.4 Å². The van der Waals surface area contributed by atoms with E-state index in [0.29, 0.717) is 25.7 Å². The summed E-state index contributed by atoms with van der Waals surface area (Å²) < 4.78 is 33.7. The Morgan fingerprint density at radius 3 is 1.22 bits per heavy atom. The highest BCUT2D eigenvalue weighted by Crippen LogP contribution is 2.23. The van der Waals surface area contributed by atoms with Crippen molar-refractivity contribution in [1.29, 1.82) is 0 Å². The Hall–Kier alpha value is -5.49. The third-order valence-electron chi connectivity index (χ3n) is 9.18. The summed E-state index contributed by atoms with van der Waals surface area (Å²) >= 11 is 0. The van der Waals surface area contributed by atoms with E-state index in [1.807, 2.05) is 97.1 Å². The topological polar surface area (TPSA) is 165 Å². The molecule has 4 rings (SSSR count). The van der Waals surface area contributed by atoms with E-state index in [2.05, 4.69) is 22.8 Å². The average molecular weight is 843 g/mol. The summed E-state index contributed by atoms with van der Waals surface area (Å²) in [5, 5.41) is 14.9. The van der Waals surface area contributed by atoms with E-state index in [1.165, 1.54) is 0 Å². The molecule has 324 valence electrons. The number of carboxylic acids is 1. The fourth-order valence-corrected chi connectivity index (χ4v) is 7.12. The van der Waals surface area contributed by atoms with Crippen LogP contribution in [0, 0.1) is 11.8 Å². The Kier molecular flexibility index (Phi) is 18.1. The van der Waals surface area contributed by atoms with Gasteiger partial charge in [0, 0.05) is 24.3 Å². The Bertz CT molecular complexity index is 2090. The number of amides is 2. The standard InChI is InChI=1S/C25H33NO5S.C23H29NO4/c1-18(23(27)17-32(5,29)30)15-22(26-24(28)31-25(2,3)4)16-19-11-13-21(14-12-19)20-9-7-6-8-10-20;1-16(21(25)26)14-20(24-22(27)28-23(2,3)4)15-17-10-12-19(13-11-17)18-8-6-5-7-9-18/h6-14,18,22H,15-17H2,1-5H3,(H,26,28);5-13,16,20H,14-15H2,1-4H3,(H,24,27)(H,25,26)/t18-,22+;16-,20+/m11/s1. The van der Waals surface area contributed by atoms with E-state index < -0.39 is 56.8 Å². The third-order valence-corrected chi connectivity index (χ3v) is 9.99. The predicted molar refractivity (Wildman–Crippen MR) is 237 cm³/mol. The molecular formula is C48H62N2O9S. The number of Topliss-reactive ketones (excluding diaryl/α,β-unsaturated/α-hetero) is 1. The van der Waals surface area contributed by atoms with Gasteiger partial charge in [-0.15, -0.1) is 0 Å². The van der Waals surface area contributed by atoms with Crippen LogP contribution in [-0.2, 0) is 41.7 Å². The first-order chi connectivity index (χ1) is 28.0. The molecule has 0 spiro atoms. The summed E-state index contributed by atoms with van der Waals surface area (Å²) in [7, 11) is -3.40. The number of benzene rings is 4. The number of aliphatic carboxylic acids is 1. The quantitative estimate of drug-likeness (QED) is 0.0997. The maximum Gasteiger partial charge on any atom is 0.407 e. The van der Waals surface area contributed by atoms with Gasteiger partial charge < -0.3 is 25.2 Å². The molecule has 0 aliphatic heterocycles. The van der Waals surface area contributed by atoms with E-state index >= 15 is 0 Å². The summed E-state index contributed by atoms with van der Waals surface area (Å²) in [6.07, 6.45) is 1.62. The minimum atomic E-state index is -3.40. The maximum atomic E-state index is 12.4. The molecule has 0 radical (unpaired) electrons. The number of carboxylic acid groups (broad SMARTS) is 1. The first-order valence-electron chi connectivity index (χ1n) is 20.2. The van der Waals surface area contributed by atoms with E-state index in [4.69, 9.17) is 9.47 Å². The number of hydrogen-bond donors (Lipinski definition) is 3. The van der Waals surface area contributed by atoms with Crippen molar-refractivity contribution in [2.24, 2.45) is 11.8 Å². The lowest BCUT2D eigenvalue weighted by atomic mass is 9.93. The highest BCUT2D eigenvalue weighted by molar-refractivity contribution is 7.91. The van der Waals surface area contributed by atoms with Crippen LogP contribution in [0.25, 0.3) is 22.3 Å². The SMILES string of the molecule is C[C@H](C[C@@H](Cc1ccc(-c2ccccc2)cc1)NC(=O)OC(C)(C)C)C(=O)CS(C)(=O)=O.C[C@H](C[C@@H](Cc1ccc(-c2ccccc2)cc1)NC(=O)OC(C)(C)C)C(=O)O. The number of sulfone groups is 1. The molecule has 0 fully saturated rings. The van der Waals surface area contributed by atoms with Crippen molar-refractivity contribution in [2.45, 2.75) is 104 Å². The van der Waals surface area contributed by atoms with Gasteiger partial charge in [0.05, 0.1) is 5.92 Å². The molecule has 0 aromatic heterocycles. The van der Waals surface area contributed by atoms with Crippen LogP contribution in [0.2, 0.25) is 0 Å². The highest BCUT2D eigenvalue weighted by atomic mass is 32.2. The zero-order chi connectivity index (χ0) is 44.7. The number of carbonyl (C=O) groups is 4. The van der Waals surface area contributed by atoms with Gasteiger partial charge in [-0.1, -0.05) is 123 Å². The van der Waals surface area contributed by atoms with Gasteiger partial charge in [0.15, 0.2) is 15.6 Å². The van der Waals surface area contributed by atoms with Crippen LogP contribution in [-0.4, -0.2) is 72.8 Å². The lowest BCUT2D eigenvalue weighted by Crippen LogP contribution is -2.42. The van der Waals surface area contributed by atoms with Crippen LogP contribution in [0.3, 0.4) is 0 Å². The molecular weight excluding hydrogens is 781 g/mol. The molecule has 0 heterocycles. The Morgan fingerprint density at radius 2 is 0.900 bits per heavy atom. The number of rotatable bonds is 16. The molecule has 0 saturated carbocycles. The number of alkyl carbamates (subject to hydrolysis) is 2. The minimum absolute atomic E-state index is 0.314. The number of ether oxygens (including phenoxy) is 2. The molecule has 2 amide bonds. The Labute approximate surface area is 356 Å². The van der Waals surface area contributed by atoms with Crippen molar-refractivity contribution < 1.29 is 42.2 Å². The molecule has 0 bridgehead atoms. The lowest BCUT2D eigenvalue weighted by molar-refractivity contribution is -0.141. The van der Waals surface area contributed by atoms with Crippen molar-refractivity contribution in [3.63, 3.8) is 0 Å². The third kappa shape index (κ3) is 19.1. The maximum absolute atomic E-state index is 12.4. The highest BCUT2D eigenvalue weighted by Gasteiger charge is 2.26. The first kappa shape index (κ1) is 48.9. The lowest BCUT2D eigenvalue weighted by Gasteiger charge is -2.25. The van der Waals surface area contributed by atoms with Crippen LogP contribution in [0.1, 0.15) is 79.4 Å². The molecule has 0 saturated heterocycles. The van der Waals surface area contributed by atoms with Crippen molar-refractivity contribution >= 4 is 33.8 Å². The molecule has 0 aliphatic rings. The summed E-state index contributed by atoms with van der Waals surface area (Å²) in [5.74, 6) is -2.82. The molecule has 11 nitrogen and oxygen atoms in total. The molecule has 4 atom stereocenters. The molecule has 12 heteroatoms. The second-order valence-electron chi connectivity index (χ2n) is 17.4. The van der Waals surface area contributed by atoms with Crippen molar-refractivity contribution in [1.82, 2.24) is 10.6 Å². The van der Waals surface area contributed by atoms with Gasteiger partial charge in [-0.3, -0.25) is 9.59 Å². The molecule has 0 unspecified atom stereocenters. The minimum Gasteiger partial charge on any atom is -0.481 e. The summed E-state index contributed by atoms with van der Waals surface area (Å²) in [6, 6.07) is 35.5. The average Bonchev–Trinajstić information content (AvgIpc) is 3.14. The van der Waals surface area contributed by atoms with Gasteiger partial charge in [0.1, 0.15) is 17.0 Å². The van der Waals surface area contributed by atoms with Crippen LogP contribution < -0.4 is 10.6 Å². The number of hydrogen-bond acceptors (Lipinski definition) is 8. The van der Waals surface area contributed by atoms with Crippen LogP contribution in [0.4, 0.5) is 9.59 Å². The first-order valence-corrected chi connectivity index (χ1v) is 22.2. The van der Waals surface area contributed by atoms with Crippen molar-refractivity contribution in [3.8, 4) is 22.3 Å². The van der Waals surface area contributed by atoms with E-state index in [9.17, 15) is 32.7 Å². The summed E-state index contributed by atoms with van der Waals surface area (Å²) in [4.78, 5) is 48.1. The predicted octanol–water partition coefficient (Wildman–Crippen LogP) is 9.33. The van der Waals surface area contributed by atoms with Gasteiger partial charge in [-0.2, -0.15) is 0 Å².